The molecule has 9 heteroatoms. The SMILES string of the molecule is CCc1ccccc1-n1c(SCc2nnc(-c3ccccc3)o2)nnc1N1CCOCC1. The van der Waals surface area contributed by atoms with Crippen LogP contribution in [0.5, 0.6) is 0 Å². The summed E-state index contributed by atoms with van der Waals surface area (Å²) >= 11 is 1.54. The number of aryl methyl sites for hydroxylation is 1. The van der Waals surface area contributed by atoms with Crippen molar-refractivity contribution < 1.29 is 9.15 Å². The van der Waals surface area contributed by atoms with Crippen LogP contribution in [0.3, 0.4) is 0 Å². The molecule has 0 aliphatic carbocycles. The average Bonchev–Trinajstić information content (AvgIpc) is 3.51. The summed E-state index contributed by atoms with van der Waals surface area (Å²) in [6.07, 6.45) is 0.922. The van der Waals surface area contributed by atoms with Crippen molar-refractivity contribution >= 4 is 17.7 Å². The smallest absolute Gasteiger partial charge is 0.247 e. The van der Waals surface area contributed by atoms with Crippen LogP contribution in [0.2, 0.25) is 0 Å². The number of rotatable bonds is 7. The molecule has 1 aliphatic rings. The largest absolute Gasteiger partial charge is 0.420 e. The van der Waals surface area contributed by atoms with Gasteiger partial charge in [-0.05, 0) is 30.2 Å². The van der Waals surface area contributed by atoms with Crippen LogP contribution in [0.1, 0.15) is 18.4 Å². The summed E-state index contributed by atoms with van der Waals surface area (Å²) in [5.74, 6) is 2.43. The Bertz CT molecular complexity index is 1170. The number of para-hydroxylation sites is 1. The molecule has 0 N–H and O–H groups in total. The Hall–Kier alpha value is -3.17. The molecule has 0 atom stereocenters. The lowest BCUT2D eigenvalue weighted by Crippen LogP contribution is -2.38. The van der Waals surface area contributed by atoms with Crippen LogP contribution >= 0.6 is 11.8 Å². The zero-order chi connectivity index (χ0) is 21.8. The number of hydrogen-bond donors (Lipinski definition) is 0. The average molecular weight is 449 g/mol. The van der Waals surface area contributed by atoms with Gasteiger partial charge in [-0.25, -0.2) is 0 Å². The van der Waals surface area contributed by atoms with Gasteiger partial charge in [-0.3, -0.25) is 4.57 Å². The number of aromatic nitrogens is 5. The Morgan fingerprint density at radius 3 is 2.50 bits per heavy atom. The highest BCUT2D eigenvalue weighted by atomic mass is 32.2. The van der Waals surface area contributed by atoms with E-state index in [2.05, 4.69) is 61.1 Å². The van der Waals surface area contributed by atoms with E-state index in [1.807, 2.05) is 30.3 Å². The van der Waals surface area contributed by atoms with Crippen LogP contribution in [0.15, 0.2) is 64.2 Å². The van der Waals surface area contributed by atoms with Gasteiger partial charge in [0.15, 0.2) is 5.16 Å². The van der Waals surface area contributed by atoms with E-state index >= 15 is 0 Å². The fraction of sp³-hybridized carbons (Fsp3) is 0.304. The quantitative estimate of drug-likeness (QED) is 0.392. The summed E-state index contributed by atoms with van der Waals surface area (Å²) in [4.78, 5) is 2.23. The van der Waals surface area contributed by atoms with Gasteiger partial charge in [0.05, 0.1) is 24.7 Å². The van der Waals surface area contributed by atoms with Crippen molar-refractivity contribution in [1.82, 2.24) is 25.0 Å². The summed E-state index contributed by atoms with van der Waals surface area (Å²) in [5, 5.41) is 18.3. The third-order valence-corrected chi connectivity index (χ3v) is 6.25. The third-order valence-electron chi connectivity index (χ3n) is 5.34. The maximum absolute atomic E-state index is 5.88. The molecule has 0 radical (unpaired) electrons. The monoisotopic (exact) mass is 448 g/mol. The van der Waals surface area contributed by atoms with Crippen LogP contribution < -0.4 is 4.90 Å². The first-order chi connectivity index (χ1) is 15.8. The van der Waals surface area contributed by atoms with Crippen LogP contribution in [0.4, 0.5) is 5.95 Å². The Labute approximate surface area is 190 Å². The van der Waals surface area contributed by atoms with Crippen molar-refractivity contribution in [3.63, 3.8) is 0 Å². The van der Waals surface area contributed by atoms with Gasteiger partial charge in [0.25, 0.3) is 0 Å². The van der Waals surface area contributed by atoms with Gasteiger partial charge in [0, 0.05) is 18.7 Å². The highest BCUT2D eigenvalue weighted by Gasteiger charge is 2.23. The molecule has 0 spiro atoms. The Morgan fingerprint density at radius 1 is 0.906 bits per heavy atom. The Morgan fingerprint density at radius 2 is 1.69 bits per heavy atom. The summed E-state index contributed by atoms with van der Waals surface area (Å²) in [7, 11) is 0. The van der Waals surface area contributed by atoms with Crippen LogP contribution in [-0.4, -0.2) is 51.3 Å². The first-order valence-electron chi connectivity index (χ1n) is 10.7. The first kappa shape index (κ1) is 20.7. The Kier molecular flexibility index (Phi) is 6.17. The summed E-state index contributed by atoms with van der Waals surface area (Å²) in [6.45, 7) is 5.13. The molecule has 0 unspecified atom stereocenters. The fourth-order valence-electron chi connectivity index (χ4n) is 3.70. The first-order valence-corrected chi connectivity index (χ1v) is 11.7. The number of benzene rings is 2. The topological polar surface area (TPSA) is 82.1 Å². The molecular formula is C23H24N6O2S. The van der Waals surface area contributed by atoms with Gasteiger partial charge in [-0.15, -0.1) is 20.4 Å². The lowest BCUT2D eigenvalue weighted by Gasteiger charge is -2.28. The highest BCUT2D eigenvalue weighted by molar-refractivity contribution is 7.98. The highest BCUT2D eigenvalue weighted by Crippen LogP contribution is 2.31. The van der Waals surface area contributed by atoms with E-state index in [-0.39, 0.29) is 0 Å². The van der Waals surface area contributed by atoms with Gasteiger partial charge in [0.2, 0.25) is 17.7 Å². The minimum Gasteiger partial charge on any atom is -0.420 e. The van der Waals surface area contributed by atoms with Crippen molar-refractivity contribution in [1.29, 1.82) is 0 Å². The van der Waals surface area contributed by atoms with Crippen LogP contribution in [0.25, 0.3) is 17.1 Å². The lowest BCUT2D eigenvalue weighted by molar-refractivity contribution is 0.122. The molecule has 1 saturated heterocycles. The van der Waals surface area contributed by atoms with E-state index in [1.54, 1.807) is 11.8 Å². The molecule has 0 saturated carbocycles. The fourth-order valence-corrected chi connectivity index (χ4v) is 4.48. The predicted molar refractivity (Wildman–Crippen MR) is 123 cm³/mol. The van der Waals surface area contributed by atoms with Gasteiger partial charge >= 0.3 is 0 Å². The maximum Gasteiger partial charge on any atom is 0.247 e. The zero-order valence-corrected chi connectivity index (χ0v) is 18.7. The summed E-state index contributed by atoms with van der Waals surface area (Å²) < 4.78 is 13.6. The molecule has 0 amide bonds. The number of hydrogen-bond acceptors (Lipinski definition) is 8. The molecule has 0 bridgehead atoms. The van der Waals surface area contributed by atoms with Crippen molar-refractivity contribution in [2.75, 3.05) is 31.2 Å². The molecule has 2 aromatic heterocycles. The van der Waals surface area contributed by atoms with Gasteiger partial charge in [-0.2, -0.15) is 0 Å². The van der Waals surface area contributed by atoms with Crippen LogP contribution in [0, 0.1) is 0 Å². The van der Waals surface area contributed by atoms with Gasteiger partial charge < -0.3 is 14.1 Å². The van der Waals surface area contributed by atoms with Crippen LogP contribution in [-0.2, 0) is 16.9 Å². The number of anilines is 1. The lowest BCUT2D eigenvalue weighted by atomic mass is 10.1. The second kappa shape index (κ2) is 9.54. The predicted octanol–water partition coefficient (Wildman–Crippen LogP) is 4.01. The number of ether oxygens (including phenoxy) is 1. The standard InChI is InChI=1S/C23H24N6O2S/c1-2-17-8-6-7-11-19(17)29-22(28-12-14-30-15-13-28)26-27-23(29)32-16-20-24-25-21(31-20)18-9-4-3-5-10-18/h3-11H,2,12-16H2,1H3. The maximum atomic E-state index is 5.88. The van der Waals surface area contributed by atoms with Crippen molar-refractivity contribution in [3.05, 3.63) is 66.1 Å². The molecule has 1 aliphatic heterocycles. The van der Waals surface area contributed by atoms with E-state index < -0.39 is 0 Å². The minimum absolute atomic E-state index is 0.509. The van der Waals surface area contributed by atoms with Gasteiger partial charge in [-0.1, -0.05) is 55.1 Å². The molecule has 2 aromatic carbocycles. The number of nitrogens with zero attached hydrogens (tertiary/aromatic N) is 6. The molecule has 1 fully saturated rings. The zero-order valence-electron chi connectivity index (χ0n) is 17.8. The molecular weight excluding hydrogens is 424 g/mol. The van der Waals surface area contributed by atoms with Crippen molar-refractivity contribution in [3.8, 4) is 17.1 Å². The number of morpholine rings is 1. The minimum atomic E-state index is 0.509. The molecule has 3 heterocycles. The molecule has 8 nitrogen and oxygen atoms in total. The Balaban J connectivity index is 1.44. The summed E-state index contributed by atoms with van der Waals surface area (Å²) in [5.41, 5.74) is 3.25. The van der Waals surface area contributed by atoms with Crippen molar-refractivity contribution in [2.24, 2.45) is 0 Å². The molecule has 32 heavy (non-hydrogen) atoms. The van der Waals surface area contributed by atoms with E-state index in [0.29, 0.717) is 30.7 Å². The summed E-state index contributed by atoms with van der Waals surface area (Å²) in [6, 6.07) is 18.2. The molecule has 164 valence electrons. The van der Waals surface area contributed by atoms with Gasteiger partial charge in [0.1, 0.15) is 0 Å². The molecule has 5 rings (SSSR count). The van der Waals surface area contributed by atoms with E-state index in [9.17, 15) is 0 Å². The third kappa shape index (κ3) is 4.26. The number of thioether (sulfide) groups is 1. The van der Waals surface area contributed by atoms with E-state index in [0.717, 1.165) is 41.9 Å². The van der Waals surface area contributed by atoms with Crippen molar-refractivity contribution in [2.45, 2.75) is 24.3 Å². The normalized spacial score (nSPS) is 14.1. The second-order valence-electron chi connectivity index (χ2n) is 7.36. The van der Waals surface area contributed by atoms with E-state index in [4.69, 9.17) is 9.15 Å². The second-order valence-corrected chi connectivity index (χ2v) is 8.30. The molecule has 4 aromatic rings. The van der Waals surface area contributed by atoms with E-state index in [1.165, 1.54) is 5.56 Å².